The van der Waals surface area contributed by atoms with Gasteiger partial charge in [0.25, 0.3) is 0 Å². The fourth-order valence-electron chi connectivity index (χ4n) is 2.08. The Morgan fingerprint density at radius 1 is 1.17 bits per heavy atom. The predicted molar refractivity (Wildman–Crippen MR) is 105 cm³/mol. The Morgan fingerprint density at radius 2 is 1.87 bits per heavy atom. The second-order valence-electron chi connectivity index (χ2n) is 4.94. The van der Waals surface area contributed by atoms with E-state index in [4.69, 9.17) is 14.2 Å². The highest BCUT2D eigenvalue weighted by Gasteiger charge is 2.06. The maximum atomic E-state index is 5.31. The number of aliphatic imine (C=N–C) groups is 1. The van der Waals surface area contributed by atoms with E-state index in [1.807, 2.05) is 25.1 Å². The quantitative estimate of drug-likeness (QED) is 0.371. The first-order valence-corrected chi connectivity index (χ1v) is 7.31. The fraction of sp³-hybridized carbons (Fsp3) is 0.562. The first-order chi connectivity index (χ1) is 10.6. The summed E-state index contributed by atoms with van der Waals surface area (Å²) in [6.45, 7) is 3.45. The van der Waals surface area contributed by atoms with Crippen molar-refractivity contribution in [3.8, 4) is 11.5 Å². The molecule has 0 spiro atoms. The summed E-state index contributed by atoms with van der Waals surface area (Å²) in [4.78, 5) is 4.20. The normalized spacial score (nSPS) is 12.1. The van der Waals surface area contributed by atoms with Gasteiger partial charge in [0.2, 0.25) is 0 Å². The Morgan fingerprint density at radius 3 is 2.43 bits per heavy atom. The zero-order valence-corrected chi connectivity index (χ0v) is 16.8. The molecule has 1 rings (SSSR count). The first kappa shape index (κ1) is 21.8. The van der Waals surface area contributed by atoms with Gasteiger partial charge in [-0.2, -0.15) is 0 Å². The summed E-state index contributed by atoms with van der Waals surface area (Å²) in [6.07, 6.45) is 0.861. The lowest BCUT2D eigenvalue weighted by molar-refractivity contribution is 0.179. The van der Waals surface area contributed by atoms with Crippen LogP contribution in [0.1, 0.15) is 12.5 Å². The molecule has 0 aliphatic carbocycles. The third-order valence-electron chi connectivity index (χ3n) is 3.18. The number of methoxy groups -OCH3 is 3. The lowest BCUT2D eigenvalue weighted by Crippen LogP contribution is -2.44. The number of halogens is 1. The van der Waals surface area contributed by atoms with Gasteiger partial charge < -0.3 is 24.8 Å². The van der Waals surface area contributed by atoms with Gasteiger partial charge in [0.15, 0.2) is 17.5 Å². The molecule has 1 atom stereocenters. The number of nitrogens with one attached hydrogen (secondary N) is 2. The van der Waals surface area contributed by atoms with Crippen molar-refractivity contribution in [2.45, 2.75) is 19.4 Å². The number of hydrogen-bond donors (Lipinski definition) is 2. The van der Waals surface area contributed by atoms with Crippen LogP contribution in [0.15, 0.2) is 23.2 Å². The molecule has 23 heavy (non-hydrogen) atoms. The van der Waals surface area contributed by atoms with E-state index in [2.05, 4.69) is 15.6 Å². The van der Waals surface area contributed by atoms with Crippen molar-refractivity contribution in [2.75, 3.05) is 41.5 Å². The van der Waals surface area contributed by atoms with E-state index < -0.39 is 0 Å². The second kappa shape index (κ2) is 12.2. The molecule has 1 aromatic rings. The van der Waals surface area contributed by atoms with Crippen molar-refractivity contribution in [3.05, 3.63) is 23.8 Å². The highest BCUT2D eigenvalue weighted by molar-refractivity contribution is 14.0. The highest BCUT2D eigenvalue weighted by atomic mass is 127. The average Bonchev–Trinajstić information content (AvgIpc) is 2.53. The number of benzene rings is 1. The standard InChI is InChI=1S/C16H27N3O3.HI/c1-12(11-20-3)19-16(17-2)18-9-8-13-6-7-14(21-4)15(10-13)22-5;/h6-7,10,12H,8-9,11H2,1-5H3,(H2,17,18,19);1H. The second-order valence-corrected chi connectivity index (χ2v) is 4.94. The molecule has 0 amide bonds. The van der Waals surface area contributed by atoms with Crippen LogP contribution in [0, 0.1) is 0 Å². The van der Waals surface area contributed by atoms with Crippen molar-refractivity contribution in [3.63, 3.8) is 0 Å². The minimum absolute atomic E-state index is 0. The Hall–Kier alpha value is -1.22. The Kier molecular flexibility index (Phi) is 11.6. The smallest absolute Gasteiger partial charge is 0.191 e. The largest absolute Gasteiger partial charge is 0.493 e. The van der Waals surface area contributed by atoms with Crippen molar-refractivity contribution in [1.29, 1.82) is 0 Å². The van der Waals surface area contributed by atoms with Crippen molar-refractivity contribution in [1.82, 2.24) is 10.6 Å². The van der Waals surface area contributed by atoms with Gasteiger partial charge in [-0.05, 0) is 31.0 Å². The molecular formula is C16H28IN3O3. The summed E-state index contributed by atoms with van der Waals surface area (Å²) < 4.78 is 15.6. The number of rotatable bonds is 8. The Balaban J connectivity index is 0.00000484. The molecule has 0 saturated heterocycles. The monoisotopic (exact) mass is 437 g/mol. The van der Waals surface area contributed by atoms with Gasteiger partial charge in [-0.1, -0.05) is 6.07 Å². The molecule has 0 radical (unpaired) electrons. The minimum atomic E-state index is 0. The van der Waals surface area contributed by atoms with Crippen molar-refractivity contribution >= 4 is 29.9 Å². The Labute approximate surface area is 156 Å². The maximum Gasteiger partial charge on any atom is 0.191 e. The van der Waals surface area contributed by atoms with Crippen LogP contribution < -0.4 is 20.1 Å². The summed E-state index contributed by atoms with van der Waals surface area (Å²) in [7, 11) is 6.72. The molecular weight excluding hydrogens is 409 g/mol. The van der Waals surface area contributed by atoms with Gasteiger partial charge in [0, 0.05) is 26.7 Å². The van der Waals surface area contributed by atoms with E-state index in [1.165, 1.54) is 5.56 Å². The number of ether oxygens (including phenoxy) is 3. The van der Waals surface area contributed by atoms with Crippen LogP contribution in [0.3, 0.4) is 0 Å². The number of guanidine groups is 1. The third kappa shape index (κ3) is 7.74. The summed E-state index contributed by atoms with van der Waals surface area (Å²) in [5, 5.41) is 6.55. The molecule has 0 aliphatic heterocycles. The van der Waals surface area contributed by atoms with E-state index in [-0.39, 0.29) is 30.0 Å². The van der Waals surface area contributed by atoms with Crippen LogP contribution in [-0.2, 0) is 11.2 Å². The van der Waals surface area contributed by atoms with E-state index in [1.54, 1.807) is 28.4 Å². The molecule has 1 aromatic carbocycles. The zero-order valence-electron chi connectivity index (χ0n) is 14.5. The van der Waals surface area contributed by atoms with Crippen LogP contribution in [0.25, 0.3) is 0 Å². The molecule has 0 heterocycles. The summed E-state index contributed by atoms with van der Waals surface area (Å²) in [5.41, 5.74) is 1.17. The highest BCUT2D eigenvalue weighted by Crippen LogP contribution is 2.27. The molecule has 132 valence electrons. The molecule has 0 bridgehead atoms. The zero-order chi connectivity index (χ0) is 16.4. The lowest BCUT2D eigenvalue weighted by Gasteiger charge is -2.17. The van der Waals surface area contributed by atoms with E-state index in [9.17, 15) is 0 Å². The maximum absolute atomic E-state index is 5.31. The predicted octanol–water partition coefficient (Wildman–Crippen LogP) is 2.06. The summed E-state index contributed by atoms with van der Waals surface area (Å²) >= 11 is 0. The molecule has 0 aliphatic rings. The molecule has 2 N–H and O–H groups in total. The summed E-state index contributed by atoms with van der Waals surface area (Å²) in [5.74, 6) is 2.26. The molecule has 0 aromatic heterocycles. The van der Waals surface area contributed by atoms with E-state index in [0.717, 1.165) is 30.4 Å². The first-order valence-electron chi connectivity index (χ1n) is 7.31. The molecule has 0 saturated carbocycles. The lowest BCUT2D eigenvalue weighted by atomic mass is 10.1. The van der Waals surface area contributed by atoms with Gasteiger partial charge in [-0.15, -0.1) is 24.0 Å². The van der Waals surface area contributed by atoms with Crippen LogP contribution in [0.5, 0.6) is 11.5 Å². The van der Waals surface area contributed by atoms with E-state index in [0.29, 0.717) is 6.61 Å². The Bertz CT molecular complexity index is 484. The van der Waals surface area contributed by atoms with Crippen LogP contribution in [-0.4, -0.2) is 53.5 Å². The van der Waals surface area contributed by atoms with Gasteiger partial charge in [0.1, 0.15) is 0 Å². The molecule has 6 nitrogen and oxygen atoms in total. The SMILES string of the molecule is CN=C(NCCc1ccc(OC)c(OC)c1)NC(C)COC.I. The number of nitrogens with zero attached hydrogens (tertiary/aromatic N) is 1. The number of hydrogen-bond acceptors (Lipinski definition) is 4. The van der Waals surface area contributed by atoms with Gasteiger partial charge in [-0.3, -0.25) is 4.99 Å². The van der Waals surface area contributed by atoms with Crippen molar-refractivity contribution in [2.24, 2.45) is 4.99 Å². The molecule has 0 fully saturated rings. The average molecular weight is 437 g/mol. The van der Waals surface area contributed by atoms with Gasteiger partial charge in [-0.25, -0.2) is 0 Å². The minimum Gasteiger partial charge on any atom is -0.493 e. The van der Waals surface area contributed by atoms with Crippen molar-refractivity contribution < 1.29 is 14.2 Å². The van der Waals surface area contributed by atoms with Crippen LogP contribution in [0.4, 0.5) is 0 Å². The van der Waals surface area contributed by atoms with Crippen LogP contribution >= 0.6 is 24.0 Å². The summed E-state index contributed by atoms with van der Waals surface area (Å²) in [6, 6.07) is 6.15. The van der Waals surface area contributed by atoms with Gasteiger partial charge in [0.05, 0.1) is 20.8 Å². The molecule has 1 unspecified atom stereocenters. The van der Waals surface area contributed by atoms with Gasteiger partial charge >= 0.3 is 0 Å². The fourth-order valence-corrected chi connectivity index (χ4v) is 2.08. The third-order valence-corrected chi connectivity index (χ3v) is 3.18. The molecule has 7 heteroatoms. The topological polar surface area (TPSA) is 64.1 Å². The van der Waals surface area contributed by atoms with Crippen LogP contribution in [0.2, 0.25) is 0 Å². The van der Waals surface area contributed by atoms with E-state index >= 15 is 0 Å².